The number of rotatable bonds is 5. The van der Waals surface area contributed by atoms with Gasteiger partial charge < -0.3 is 4.42 Å². The molecule has 1 aliphatic heterocycles. The largest absolute Gasteiger partial charge is 0.459 e. The van der Waals surface area contributed by atoms with Crippen molar-refractivity contribution in [1.29, 1.82) is 0 Å². The summed E-state index contributed by atoms with van der Waals surface area (Å²) in [5.41, 5.74) is 2.51. The Balaban J connectivity index is 1.99. The molecule has 1 atom stereocenters. The fraction of sp³-hybridized carbons (Fsp3) is 0.529. The third kappa shape index (κ3) is 3.47. The Kier molecular flexibility index (Phi) is 4.93. The van der Waals surface area contributed by atoms with Crippen LogP contribution in [0.3, 0.4) is 0 Å². The molecule has 132 valence electrons. The summed E-state index contributed by atoms with van der Waals surface area (Å²) in [6, 6.07) is 5.95. The Hall–Kier alpha value is -1.08. The first-order chi connectivity index (χ1) is 11.3. The lowest BCUT2D eigenvalue weighted by Gasteiger charge is -2.20. The maximum Gasteiger partial charge on any atom is 0.212 e. The van der Waals surface area contributed by atoms with Gasteiger partial charge in [0.05, 0.1) is 12.3 Å². The van der Waals surface area contributed by atoms with Crippen LogP contribution in [0.2, 0.25) is 0 Å². The van der Waals surface area contributed by atoms with E-state index in [1.165, 1.54) is 5.56 Å². The van der Waals surface area contributed by atoms with Crippen LogP contribution in [0, 0.1) is 5.92 Å². The van der Waals surface area contributed by atoms with Gasteiger partial charge >= 0.3 is 0 Å². The summed E-state index contributed by atoms with van der Waals surface area (Å²) >= 11 is 6.64. The molecule has 1 N–H and O–H groups in total. The van der Waals surface area contributed by atoms with E-state index in [9.17, 15) is 8.42 Å². The van der Waals surface area contributed by atoms with E-state index in [4.69, 9.17) is 16.0 Å². The topological polar surface area (TPSA) is 62.6 Å². The zero-order chi connectivity index (χ0) is 17.5. The molecule has 1 aromatic heterocycles. The van der Waals surface area contributed by atoms with Crippen LogP contribution >= 0.6 is 11.6 Å². The summed E-state index contributed by atoms with van der Waals surface area (Å²) in [5, 5.41) is 1.03. The van der Waals surface area contributed by atoms with Crippen molar-refractivity contribution in [3.8, 4) is 0 Å². The Labute approximate surface area is 148 Å². The highest BCUT2D eigenvalue weighted by Crippen LogP contribution is 2.40. The van der Waals surface area contributed by atoms with Gasteiger partial charge in [0.25, 0.3) is 0 Å². The van der Waals surface area contributed by atoms with Crippen molar-refractivity contribution >= 4 is 32.6 Å². The van der Waals surface area contributed by atoms with Crippen LogP contribution in [-0.2, 0) is 23.0 Å². The van der Waals surface area contributed by atoms with Gasteiger partial charge in [-0.3, -0.25) is 4.90 Å². The number of nitrogens with zero attached hydrogens (tertiary/aromatic N) is 1. The smallest absolute Gasteiger partial charge is 0.212 e. The minimum absolute atomic E-state index is 0.0678. The molecule has 5 nitrogen and oxygen atoms in total. The Bertz CT molecular complexity index is 845. The maximum absolute atomic E-state index is 12.1. The third-order valence-electron chi connectivity index (χ3n) is 4.28. The first kappa shape index (κ1) is 17.7. The van der Waals surface area contributed by atoms with Crippen LogP contribution in [0.15, 0.2) is 22.6 Å². The minimum Gasteiger partial charge on any atom is -0.459 e. The molecular weight excluding hydrogens is 348 g/mol. The van der Waals surface area contributed by atoms with E-state index in [0.717, 1.165) is 29.5 Å². The lowest BCUT2D eigenvalue weighted by molar-refractivity contribution is 0.317. The number of likely N-dealkylation sites (N-methyl/N-ethyl adjacent to an activating group) is 1. The average molecular weight is 371 g/mol. The lowest BCUT2D eigenvalue weighted by atomic mass is 10.0. The number of nitrogens with one attached hydrogen (secondary N) is 1. The molecule has 0 aliphatic carbocycles. The van der Waals surface area contributed by atoms with Crippen molar-refractivity contribution in [3.63, 3.8) is 0 Å². The Morgan fingerprint density at radius 2 is 2.17 bits per heavy atom. The molecule has 2 aromatic rings. The molecule has 1 unspecified atom stereocenters. The molecule has 0 bridgehead atoms. The minimum atomic E-state index is -3.34. The molecular formula is C17H23ClN2O3S. The SMILES string of the molecule is CC(C)CS(=O)(=O)NCc1oc2cccc3c2c1C(Cl)N(C)CC3. The van der Waals surface area contributed by atoms with E-state index in [0.29, 0.717) is 5.76 Å². The van der Waals surface area contributed by atoms with Gasteiger partial charge in [-0.1, -0.05) is 26.0 Å². The standard InChI is InChI=1S/C17H23ClN2O3S/c1-11(2)10-24(21,22)19-9-14-16-15-12(5-4-6-13(15)23-14)7-8-20(3)17(16)18/h4-6,11,17,19H,7-10H2,1-3H3. The highest BCUT2D eigenvalue weighted by atomic mass is 35.5. The van der Waals surface area contributed by atoms with Crippen LogP contribution in [0.4, 0.5) is 0 Å². The molecule has 1 aromatic carbocycles. The number of sulfonamides is 1. The fourth-order valence-corrected chi connectivity index (χ4v) is 4.86. The van der Waals surface area contributed by atoms with E-state index in [2.05, 4.69) is 15.7 Å². The maximum atomic E-state index is 12.1. The van der Waals surface area contributed by atoms with E-state index in [1.54, 1.807) is 0 Å². The van der Waals surface area contributed by atoms with Crippen molar-refractivity contribution in [2.24, 2.45) is 5.92 Å². The van der Waals surface area contributed by atoms with Crippen molar-refractivity contribution in [1.82, 2.24) is 9.62 Å². The highest BCUT2D eigenvalue weighted by Gasteiger charge is 2.29. The number of hydrogen-bond donors (Lipinski definition) is 1. The number of benzene rings is 1. The molecule has 2 heterocycles. The van der Waals surface area contributed by atoms with Crippen LogP contribution in [-0.4, -0.2) is 32.7 Å². The van der Waals surface area contributed by atoms with E-state index in [-0.39, 0.29) is 23.7 Å². The molecule has 24 heavy (non-hydrogen) atoms. The number of furan rings is 1. The quantitative estimate of drug-likeness (QED) is 0.648. The summed E-state index contributed by atoms with van der Waals surface area (Å²) in [6.07, 6.45) is 0.891. The summed E-state index contributed by atoms with van der Waals surface area (Å²) in [6.45, 7) is 4.73. The second-order valence-electron chi connectivity index (χ2n) is 6.79. The molecule has 1 aliphatic rings. The molecule has 0 saturated carbocycles. The lowest BCUT2D eigenvalue weighted by Crippen LogP contribution is -2.29. The van der Waals surface area contributed by atoms with E-state index < -0.39 is 10.0 Å². The number of halogens is 1. The number of alkyl halides is 1. The van der Waals surface area contributed by atoms with Crippen molar-refractivity contribution in [2.45, 2.75) is 32.3 Å². The third-order valence-corrected chi connectivity index (χ3v) is 6.52. The second-order valence-corrected chi connectivity index (χ2v) is 9.06. The van der Waals surface area contributed by atoms with Crippen molar-refractivity contribution in [3.05, 3.63) is 35.1 Å². The molecule has 0 fully saturated rings. The first-order valence-corrected chi connectivity index (χ1v) is 10.2. The molecule has 0 amide bonds. The molecule has 7 heteroatoms. The van der Waals surface area contributed by atoms with Gasteiger partial charge in [-0.2, -0.15) is 0 Å². The predicted octanol–water partition coefficient (Wildman–Crippen LogP) is 3.23. The van der Waals surface area contributed by atoms with Gasteiger partial charge in [-0.15, -0.1) is 11.6 Å². The highest BCUT2D eigenvalue weighted by molar-refractivity contribution is 7.89. The van der Waals surface area contributed by atoms with Crippen molar-refractivity contribution in [2.75, 3.05) is 19.3 Å². The van der Waals surface area contributed by atoms with Gasteiger partial charge in [0, 0.05) is 17.5 Å². The normalized spacial score (nSPS) is 19.1. The van der Waals surface area contributed by atoms with Crippen molar-refractivity contribution < 1.29 is 12.8 Å². The van der Waals surface area contributed by atoms with Crippen LogP contribution in [0.25, 0.3) is 11.0 Å². The molecule has 3 rings (SSSR count). The van der Waals surface area contributed by atoms with Gasteiger partial charge in [-0.05, 0) is 31.0 Å². The van der Waals surface area contributed by atoms with Gasteiger partial charge in [0.1, 0.15) is 16.8 Å². The first-order valence-electron chi connectivity index (χ1n) is 8.13. The van der Waals surface area contributed by atoms with E-state index >= 15 is 0 Å². The monoisotopic (exact) mass is 370 g/mol. The Morgan fingerprint density at radius 1 is 1.42 bits per heavy atom. The second kappa shape index (κ2) is 6.67. The van der Waals surface area contributed by atoms with Crippen LogP contribution in [0.1, 0.15) is 36.2 Å². The Morgan fingerprint density at radius 3 is 2.88 bits per heavy atom. The summed E-state index contributed by atoms with van der Waals surface area (Å²) < 4.78 is 32.8. The van der Waals surface area contributed by atoms with Gasteiger partial charge in [0.15, 0.2) is 0 Å². The molecule has 0 spiro atoms. The van der Waals surface area contributed by atoms with E-state index in [1.807, 2.05) is 33.0 Å². The predicted molar refractivity (Wildman–Crippen MR) is 96.6 cm³/mol. The van der Waals surface area contributed by atoms with Crippen LogP contribution < -0.4 is 4.72 Å². The van der Waals surface area contributed by atoms with Gasteiger partial charge in [-0.25, -0.2) is 13.1 Å². The fourth-order valence-electron chi connectivity index (χ4n) is 3.19. The van der Waals surface area contributed by atoms with Gasteiger partial charge in [0.2, 0.25) is 10.0 Å². The zero-order valence-corrected chi connectivity index (χ0v) is 15.7. The average Bonchev–Trinajstić information content (AvgIpc) is 2.81. The van der Waals surface area contributed by atoms with Crippen LogP contribution in [0.5, 0.6) is 0 Å². The number of hydrogen-bond acceptors (Lipinski definition) is 4. The summed E-state index contributed by atoms with van der Waals surface area (Å²) in [5.74, 6) is 0.759. The zero-order valence-electron chi connectivity index (χ0n) is 14.2. The summed E-state index contributed by atoms with van der Waals surface area (Å²) in [4.78, 5) is 2.05. The summed E-state index contributed by atoms with van der Waals surface area (Å²) in [7, 11) is -1.37. The molecule has 0 radical (unpaired) electrons. The molecule has 0 saturated heterocycles.